The standard InChI is InChI=1S/C10H16O.C9H14O/c1-7(2)9-5-6-11-10(9)8(3)4;1-4-9-8(7(2)3)5-6-10-9/h5-8H,1-4H3;5-7H,4H2,1-3H3. The van der Waals surface area contributed by atoms with Crippen molar-refractivity contribution in [3.8, 4) is 0 Å². The molecule has 0 saturated heterocycles. The van der Waals surface area contributed by atoms with Gasteiger partial charge in [-0.3, -0.25) is 0 Å². The summed E-state index contributed by atoms with van der Waals surface area (Å²) in [5, 5.41) is 0. The van der Waals surface area contributed by atoms with E-state index in [2.05, 4.69) is 60.6 Å². The van der Waals surface area contributed by atoms with Crippen LogP contribution in [0.4, 0.5) is 0 Å². The Balaban J connectivity index is 0.000000211. The highest BCUT2D eigenvalue weighted by Crippen LogP contribution is 2.26. The molecule has 2 heteroatoms. The van der Waals surface area contributed by atoms with Gasteiger partial charge < -0.3 is 8.83 Å². The number of furan rings is 2. The highest BCUT2D eigenvalue weighted by Gasteiger charge is 2.12. The first-order valence-electron chi connectivity index (χ1n) is 8.01. The highest BCUT2D eigenvalue weighted by molar-refractivity contribution is 5.23. The Hall–Kier alpha value is -1.44. The maximum atomic E-state index is 5.39. The second-order valence-electron chi connectivity index (χ2n) is 6.36. The molecule has 2 nitrogen and oxygen atoms in total. The van der Waals surface area contributed by atoms with Gasteiger partial charge >= 0.3 is 0 Å². The van der Waals surface area contributed by atoms with Crippen LogP contribution in [0.15, 0.2) is 33.5 Å². The maximum Gasteiger partial charge on any atom is 0.109 e. The number of aryl methyl sites for hydroxylation is 1. The molecular weight excluding hydrogens is 260 g/mol. The van der Waals surface area contributed by atoms with Crippen molar-refractivity contribution in [2.24, 2.45) is 0 Å². The zero-order valence-corrected chi connectivity index (χ0v) is 14.6. The van der Waals surface area contributed by atoms with Crippen molar-refractivity contribution >= 4 is 0 Å². The Morgan fingerprint density at radius 3 is 1.67 bits per heavy atom. The fourth-order valence-corrected chi connectivity index (χ4v) is 2.43. The van der Waals surface area contributed by atoms with Crippen LogP contribution in [-0.2, 0) is 6.42 Å². The Morgan fingerprint density at radius 1 is 0.762 bits per heavy atom. The third-order valence-corrected chi connectivity index (χ3v) is 3.60. The molecule has 0 aliphatic rings. The van der Waals surface area contributed by atoms with Crippen molar-refractivity contribution < 1.29 is 8.83 Å². The predicted octanol–water partition coefficient (Wildman–Crippen LogP) is 6.49. The number of rotatable bonds is 4. The summed E-state index contributed by atoms with van der Waals surface area (Å²) in [6.07, 6.45) is 4.55. The Kier molecular flexibility index (Phi) is 6.80. The van der Waals surface area contributed by atoms with E-state index in [9.17, 15) is 0 Å². The van der Waals surface area contributed by atoms with Crippen molar-refractivity contribution in [1.29, 1.82) is 0 Å². The van der Waals surface area contributed by atoms with E-state index in [4.69, 9.17) is 8.83 Å². The summed E-state index contributed by atoms with van der Waals surface area (Å²) < 4.78 is 10.7. The molecule has 0 N–H and O–H groups in total. The van der Waals surface area contributed by atoms with Crippen molar-refractivity contribution in [3.63, 3.8) is 0 Å². The topological polar surface area (TPSA) is 26.3 Å². The summed E-state index contributed by atoms with van der Waals surface area (Å²) in [5.74, 6) is 3.94. The van der Waals surface area contributed by atoms with Gasteiger partial charge in [0.15, 0.2) is 0 Å². The number of hydrogen-bond acceptors (Lipinski definition) is 2. The van der Waals surface area contributed by atoms with Gasteiger partial charge in [-0.25, -0.2) is 0 Å². The van der Waals surface area contributed by atoms with E-state index >= 15 is 0 Å². The third-order valence-electron chi connectivity index (χ3n) is 3.60. The lowest BCUT2D eigenvalue weighted by Gasteiger charge is -2.07. The fraction of sp³-hybridized carbons (Fsp3) is 0.579. The largest absolute Gasteiger partial charge is 0.469 e. The van der Waals surface area contributed by atoms with E-state index in [-0.39, 0.29) is 0 Å². The summed E-state index contributed by atoms with van der Waals surface area (Å²) >= 11 is 0. The first-order valence-corrected chi connectivity index (χ1v) is 8.01. The summed E-state index contributed by atoms with van der Waals surface area (Å²) in [5.41, 5.74) is 2.70. The van der Waals surface area contributed by atoms with E-state index in [0.29, 0.717) is 17.8 Å². The first kappa shape index (κ1) is 17.6. The lowest BCUT2D eigenvalue weighted by atomic mass is 9.99. The van der Waals surface area contributed by atoms with Gasteiger partial charge in [0.2, 0.25) is 0 Å². The van der Waals surface area contributed by atoms with Crippen molar-refractivity contribution in [2.45, 2.75) is 72.6 Å². The second-order valence-corrected chi connectivity index (χ2v) is 6.36. The van der Waals surface area contributed by atoms with Gasteiger partial charge in [-0.15, -0.1) is 0 Å². The summed E-state index contributed by atoms with van der Waals surface area (Å²) in [4.78, 5) is 0. The van der Waals surface area contributed by atoms with Gasteiger partial charge in [-0.2, -0.15) is 0 Å². The molecule has 0 atom stereocenters. The molecule has 118 valence electrons. The molecule has 21 heavy (non-hydrogen) atoms. The molecule has 0 radical (unpaired) electrons. The minimum absolute atomic E-state index is 0.502. The van der Waals surface area contributed by atoms with Crippen molar-refractivity contribution in [2.75, 3.05) is 0 Å². The lowest BCUT2D eigenvalue weighted by molar-refractivity contribution is 0.479. The highest BCUT2D eigenvalue weighted by atomic mass is 16.3. The molecule has 2 rings (SSSR count). The summed E-state index contributed by atoms with van der Waals surface area (Å²) in [7, 11) is 0. The molecule has 2 aromatic heterocycles. The molecule has 0 aliphatic carbocycles. The molecule has 0 aromatic carbocycles. The van der Waals surface area contributed by atoms with E-state index in [1.165, 1.54) is 11.1 Å². The lowest BCUT2D eigenvalue weighted by Crippen LogP contribution is -1.93. The SMILES string of the molecule is CC(C)c1ccoc1C(C)C.CCc1occc1C(C)C. The van der Waals surface area contributed by atoms with E-state index in [1.54, 1.807) is 12.5 Å². The molecule has 2 aromatic rings. The second kappa shape index (κ2) is 8.11. The zero-order valence-electron chi connectivity index (χ0n) is 14.6. The van der Waals surface area contributed by atoms with Crippen LogP contribution in [0.25, 0.3) is 0 Å². The normalized spacial score (nSPS) is 11.1. The van der Waals surface area contributed by atoms with Crippen LogP contribution in [0.5, 0.6) is 0 Å². The minimum atomic E-state index is 0.502. The molecule has 0 aliphatic heterocycles. The predicted molar refractivity (Wildman–Crippen MR) is 89.1 cm³/mol. The quantitative estimate of drug-likeness (QED) is 0.643. The smallest absolute Gasteiger partial charge is 0.109 e. The van der Waals surface area contributed by atoms with Gasteiger partial charge in [0, 0.05) is 12.3 Å². The average Bonchev–Trinajstić information content (AvgIpc) is 3.08. The summed E-state index contributed by atoms with van der Waals surface area (Å²) in [6.45, 7) is 15.2. The van der Waals surface area contributed by atoms with Crippen LogP contribution in [0.3, 0.4) is 0 Å². The average molecular weight is 290 g/mol. The van der Waals surface area contributed by atoms with Gasteiger partial charge in [0.1, 0.15) is 11.5 Å². The molecule has 0 spiro atoms. The van der Waals surface area contributed by atoms with Crippen LogP contribution in [0.1, 0.15) is 88.9 Å². The first-order chi connectivity index (χ1) is 9.88. The fourth-order valence-electron chi connectivity index (χ4n) is 2.43. The molecular formula is C19H30O2. The van der Waals surface area contributed by atoms with E-state index < -0.39 is 0 Å². The summed E-state index contributed by atoms with van der Waals surface area (Å²) in [6, 6.07) is 4.13. The van der Waals surface area contributed by atoms with E-state index in [0.717, 1.165) is 17.9 Å². The van der Waals surface area contributed by atoms with Gasteiger partial charge in [0.05, 0.1) is 12.5 Å². The van der Waals surface area contributed by atoms with Gasteiger partial charge in [-0.05, 0) is 35.1 Å². The van der Waals surface area contributed by atoms with Gasteiger partial charge in [-0.1, -0.05) is 48.5 Å². The Bertz CT molecular complexity index is 493. The monoisotopic (exact) mass is 290 g/mol. The van der Waals surface area contributed by atoms with Crippen molar-refractivity contribution in [1.82, 2.24) is 0 Å². The Labute approximate surface area is 129 Å². The molecule has 2 heterocycles. The third kappa shape index (κ3) is 4.80. The maximum absolute atomic E-state index is 5.39. The van der Waals surface area contributed by atoms with Crippen LogP contribution in [0.2, 0.25) is 0 Å². The van der Waals surface area contributed by atoms with Crippen LogP contribution in [-0.4, -0.2) is 0 Å². The van der Waals surface area contributed by atoms with Crippen molar-refractivity contribution in [3.05, 3.63) is 47.3 Å². The molecule has 0 unspecified atom stereocenters. The van der Waals surface area contributed by atoms with E-state index in [1.807, 2.05) is 0 Å². The van der Waals surface area contributed by atoms with Crippen LogP contribution in [0, 0.1) is 0 Å². The number of hydrogen-bond donors (Lipinski definition) is 0. The molecule has 0 bridgehead atoms. The molecule has 0 amide bonds. The molecule has 0 fully saturated rings. The van der Waals surface area contributed by atoms with Gasteiger partial charge in [0.25, 0.3) is 0 Å². The van der Waals surface area contributed by atoms with Crippen LogP contribution >= 0.6 is 0 Å². The minimum Gasteiger partial charge on any atom is -0.469 e. The van der Waals surface area contributed by atoms with Crippen LogP contribution < -0.4 is 0 Å². The molecule has 0 saturated carbocycles. The Morgan fingerprint density at radius 2 is 1.29 bits per heavy atom. The zero-order chi connectivity index (χ0) is 16.0.